The fraction of sp³-hybridized carbons (Fsp3) is 0.611. The predicted octanol–water partition coefficient (Wildman–Crippen LogP) is 4.17. The van der Waals surface area contributed by atoms with Crippen molar-refractivity contribution in [2.24, 2.45) is 11.3 Å². The number of hydrogen-bond acceptors (Lipinski definition) is 1. The number of hydrogen-bond donors (Lipinski definition) is 1. The van der Waals surface area contributed by atoms with Crippen LogP contribution in [0.15, 0.2) is 30.3 Å². The molecule has 1 fully saturated rings. The second-order valence-electron chi connectivity index (χ2n) is 6.84. The molecule has 1 amide bonds. The van der Waals surface area contributed by atoms with Crippen LogP contribution >= 0.6 is 11.6 Å². The SMILES string of the molecule is CC1(C)CCCCC1C(=O)NC(CCl)Cc1ccccc1. The van der Waals surface area contributed by atoms with Crippen molar-refractivity contribution in [3.63, 3.8) is 0 Å². The number of carbonyl (C=O) groups is 1. The third-order valence-electron chi connectivity index (χ3n) is 4.68. The van der Waals surface area contributed by atoms with Gasteiger partial charge in [-0.05, 0) is 30.2 Å². The Balaban J connectivity index is 1.96. The van der Waals surface area contributed by atoms with Crippen LogP contribution in [0.5, 0.6) is 0 Å². The van der Waals surface area contributed by atoms with Crippen LogP contribution in [-0.4, -0.2) is 17.8 Å². The minimum Gasteiger partial charge on any atom is -0.352 e. The third kappa shape index (κ3) is 4.47. The number of rotatable bonds is 5. The molecule has 0 bridgehead atoms. The minimum absolute atomic E-state index is 0.0132. The molecule has 1 saturated carbocycles. The number of nitrogens with one attached hydrogen (secondary N) is 1. The summed E-state index contributed by atoms with van der Waals surface area (Å²) in [5.41, 5.74) is 1.32. The molecule has 1 aliphatic rings. The van der Waals surface area contributed by atoms with Gasteiger partial charge in [0.05, 0.1) is 0 Å². The lowest BCUT2D eigenvalue weighted by atomic mass is 9.68. The number of alkyl halides is 1. The second-order valence-corrected chi connectivity index (χ2v) is 7.15. The molecule has 0 aliphatic heterocycles. The molecule has 0 spiro atoms. The molecular formula is C18H26ClNO. The first kappa shape index (κ1) is 16.4. The molecule has 1 aliphatic carbocycles. The van der Waals surface area contributed by atoms with Crippen LogP contribution in [-0.2, 0) is 11.2 Å². The number of benzene rings is 1. The summed E-state index contributed by atoms with van der Waals surface area (Å²) in [5, 5.41) is 3.17. The first-order valence-corrected chi connectivity index (χ1v) is 8.46. The van der Waals surface area contributed by atoms with Crippen molar-refractivity contribution in [1.29, 1.82) is 0 Å². The monoisotopic (exact) mass is 307 g/mol. The molecule has 21 heavy (non-hydrogen) atoms. The highest BCUT2D eigenvalue weighted by atomic mass is 35.5. The summed E-state index contributed by atoms with van der Waals surface area (Å²) in [4.78, 5) is 12.6. The molecule has 0 aromatic heterocycles. The van der Waals surface area contributed by atoms with Crippen molar-refractivity contribution in [2.45, 2.75) is 52.0 Å². The molecule has 1 aromatic rings. The maximum atomic E-state index is 12.6. The van der Waals surface area contributed by atoms with Gasteiger partial charge in [0.15, 0.2) is 0 Å². The van der Waals surface area contributed by atoms with Crippen LogP contribution in [0.4, 0.5) is 0 Å². The smallest absolute Gasteiger partial charge is 0.223 e. The third-order valence-corrected chi connectivity index (χ3v) is 5.05. The quantitative estimate of drug-likeness (QED) is 0.813. The fourth-order valence-corrected chi connectivity index (χ4v) is 3.51. The van der Waals surface area contributed by atoms with Gasteiger partial charge in [-0.3, -0.25) is 4.79 Å². The molecule has 2 nitrogen and oxygen atoms in total. The summed E-state index contributed by atoms with van der Waals surface area (Å²) in [6, 6.07) is 10.2. The van der Waals surface area contributed by atoms with E-state index in [1.54, 1.807) is 0 Å². The zero-order valence-electron chi connectivity index (χ0n) is 13.1. The van der Waals surface area contributed by atoms with Crippen LogP contribution in [0.1, 0.15) is 45.1 Å². The topological polar surface area (TPSA) is 29.1 Å². The Morgan fingerprint density at radius 3 is 2.67 bits per heavy atom. The Morgan fingerprint density at radius 2 is 2.05 bits per heavy atom. The summed E-state index contributed by atoms with van der Waals surface area (Å²) >= 11 is 6.06. The zero-order valence-corrected chi connectivity index (χ0v) is 13.8. The van der Waals surface area contributed by atoms with Crippen LogP contribution in [0.2, 0.25) is 0 Å². The first-order chi connectivity index (χ1) is 10.0. The Morgan fingerprint density at radius 1 is 1.33 bits per heavy atom. The summed E-state index contributed by atoms with van der Waals surface area (Å²) in [6.45, 7) is 4.42. The van der Waals surface area contributed by atoms with Crippen molar-refractivity contribution in [2.75, 3.05) is 5.88 Å². The second kappa shape index (κ2) is 7.31. The van der Waals surface area contributed by atoms with E-state index in [1.807, 2.05) is 18.2 Å². The average Bonchev–Trinajstić information content (AvgIpc) is 2.47. The van der Waals surface area contributed by atoms with Gasteiger partial charge in [0.25, 0.3) is 0 Å². The van der Waals surface area contributed by atoms with Gasteiger partial charge in [-0.2, -0.15) is 0 Å². The number of amides is 1. The summed E-state index contributed by atoms with van der Waals surface area (Å²) < 4.78 is 0. The Kier molecular flexibility index (Phi) is 5.69. The summed E-state index contributed by atoms with van der Waals surface area (Å²) in [6.07, 6.45) is 5.32. The van der Waals surface area contributed by atoms with Gasteiger partial charge in [-0.1, -0.05) is 57.0 Å². The standard InChI is InChI=1S/C18H26ClNO/c1-18(2)11-7-6-10-16(18)17(21)20-15(13-19)12-14-8-4-3-5-9-14/h3-5,8-9,15-16H,6-7,10-13H2,1-2H3,(H,20,21). The maximum Gasteiger partial charge on any atom is 0.223 e. The lowest BCUT2D eigenvalue weighted by Crippen LogP contribution is -2.46. The van der Waals surface area contributed by atoms with E-state index in [4.69, 9.17) is 11.6 Å². The fourth-order valence-electron chi connectivity index (χ4n) is 3.32. The average molecular weight is 308 g/mol. The van der Waals surface area contributed by atoms with E-state index in [9.17, 15) is 4.79 Å². The van der Waals surface area contributed by atoms with Gasteiger partial charge in [0.1, 0.15) is 0 Å². The van der Waals surface area contributed by atoms with Gasteiger partial charge in [-0.15, -0.1) is 11.6 Å². The van der Waals surface area contributed by atoms with E-state index in [-0.39, 0.29) is 23.3 Å². The Labute approximate surface area is 133 Å². The lowest BCUT2D eigenvalue weighted by molar-refractivity contribution is -0.130. The van der Waals surface area contributed by atoms with Crippen LogP contribution in [0.3, 0.4) is 0 Å². The molecule has 1 N–H and O–H groups in total. The molecule has 0 heterocycles. The largest absolute Gasteiger partial charge is 0.352 e. The highest BCUT2D eigenvalue weighted by Gasteiger charge is 2.37. The molecule has 2 unspecified atom stereocenters. The molecule has 0 radical (unpaired) electrons. The van der Waals surface area contributed by atoms with E-state index in [1.165, 1.54) is 12.0 Å². The van der Waals surface area contributed by atoms with Gasteiger partial charge in [-0.25, -0.2) is 0 Å². The molecule has 1 aromatic carbocycles. The predicted molar refractivity (Wildman–Crippen MR) is 88.5 cm³/mol. The normalized spacial score (nSPS) is 22.5. The Bertz CT molecular complexity index is 458. The first-order valence-electron chi connectivity index (χ1n) is 7.93. The molecule has 3 heteroatoms. The van der Waals surface area contributed by atoms with Gasteiger partial charge >= 0.3 is 0 Å². The lowest BCUT2D eigenvalue weighted by Gasteiger charge is -2.38. The molecule has 2 rings (SSSR count). The van der Waals surface area contributed by atoms with E-state index in [0.29, 0.717) is 5.88 Å². The summed E-state index contributed by atoms with van der Waals surface area (Å²) in [5.74, 6) is 0.752. The van der Waals surface area contributed by atoms with Crippen molar-refractivity contribution >= 4 is 17.5 Å². The number of halogens is 1. The zero-order chi connectivity index (χ0) is 15.3. The van der Waals surface area contributed by atoms with E-state index >= 15 is 0 Å². The van der Waals surface area contributed by atoms with Crippen molar-refractivity contribution < 1.29 is 4.79 Å². The van der Waals surface area contributed by atoms with Crippen LogP contribution < -0.4 is 5.32 Å². The van der Waals surface area contributed by atoms with Crippen LogP contribution in [0.25, 0.3) is 0 Å². The van der Waals surface area contributed by atoms with E-state index in [0.717, 1.165) is 25.7 Å². The highest BCUT2D eigenvalue weighted by molar-refractivity contribution is 6.18. The van der Waals surface area contributed by atoms with Crippen molar-refractivity contribution in [3.8, 4) is 0 Å². The van der Waals surface area contributed by atoms with Crippen molar-refractivity contribution in [1.82, 2.24) is 5.32 Å². The van der Waals surface area contributed by atoms with Gasteiger partial charge in [0, 0.05) is 17.8 Å². The van der Waals surface area contributed by atoms with E-state index < -0.39 is 0 Å². The minimum atomic E-state index is 0.0132. The van der Waals surface area contributed by atoms with Gasteiger partial charge in [0.2, 0.25) is 5.91 Å². The molecule has 0 saturated heterocycles. The maximum absolute atomic E-state index is 12.6. The summed E-state index contributed by atoms with van der Waals surface area (Å²) in [7, 11) is 0. The number of carbonyl (C=O) groups excluding carboxylic acids is 1. The van der Waals surface area contributed by atoms with Crippen LogP contribution in [0, 0.1) is 11.3 Å². The molecule has 116 valence electrons. The van der Waals surface area contributed by atoms with Gasteiger partial charge < -0.3 is 5.32 Å². The van der Waals surface area contributed by atoms with E-state index in [2.05, 4.69) is 31.3 Å². The Hall–Kier alpha value is -1.02. The molecule has 2 atom stereocenters. The highest BCUT2D eigenvalue weighted by Crippen LogP contribution is 2.40. The van der Waals surface area contributed by atoms with Crippen molar-refractivity contribution in [3.05, 3.63) is 35.9 Å². The molecular weight excluding hydrogens is 282 g/mol.